The van der Waals surface area contributed by atoms with E-state index in [4.69, 9.17) is 9.47 Å². The van der Waals surface area contributed by atoms with Gasteiger partial charge in [0.15, 0.2) is 0 Å². The fraction of sp³-hybridized carbons (Fsp3) is 0.143. The molecule has 0 saturated carbocycles. The van der Waals surface area contributed by atoms with E-state index in [1.165, 1.54) is 12.2 Å². The summed E-state index contributed by atoms with van der Waals surface area (Å²) in [7, 11) is 0. The van der Waals surface area contributed by atoms with Crippen molar-refractivity contribution in [2.75, 3.05) is 13.2 Å². The summed E-state index contributed by atoms with van der Waals surface area (Å²) in [5, 5.41) is 0. The van der Waals surface area contributed by atoms with E-state index >= 15 is 0 Å². The van der Waals surface area contributed by atoms with E-state index in [0.29, 0.717) is 6.42 Å². The minimum absolute atomic E-state index is 0.202. The number of hydrogen-bond donors (Lipinski definition) is 0. The molecule has 0 amide bonds. The van der Waals surface area contributed by atoms with Gasteiger partial charge in [0.2, 0.25) is 0 Å². The Hall–Kier alpha value is -3.14. The van der Waals surface area contributed by atoms with Crippen LogP contribution in [0.4, 0.5) is 0 Å². The number of benzene rings is 2. The van der Waals surface area contributed by atoms with Crippen molar-refractivity contribution in [2.45, 2.75) is 6.42 Å². The monoisotopic (exact) mass is 336 g/mol. The third-order valence-corrected chi connectivity index (χ3v) is 3.20. The average Bonchev–Trinajstić information content (AvgIpc) is 2.66. The second-order valence-corrected chi connectivity index (χ2v) is 5.18. The fourth-order valence-corrected chi connectivity index (χ4v) is 1.96. The van der Waals surface area contributed by atoms with Gasteiger partial charge in [0.1, 0.15) is 0 Å². The first-order valence-electron chi connectivity index (χ1n) is 8.04. The molecule has 4 nitrogen and oxygen atoms in total. The van der Waals surface area contributed by atoms with Gasteiger partial charge in [-0.25, -0.2) is 9.59 Å². The average molecular weight is 336 g/mol. The highest BCUT2D eigenvalue weighted by atomic mass is 16.5. The van der Waals surface area contributed by atoms with Gasteiger partial charge in [0.05, 0.1) is 13.2 Å². The Kier molecular flexibility index (Phi) is 7.72. The van der Waals surface area contributed by atoms with Crippen molar-refractivity contribution in [3.63, 3.8) is 0 Å². The SMILES string of the molecule is O=C(C=Cc1ccccc1)OCCCOC(=O)C=Cc1ccccc1. The van der Waals surface area contributed by atoms with Crippen LogP contribution < -0.4 is 0 Å². The van der Waals surface area contributed by atoms with Gasteiger partial charge < -0.3 is 9.47 Å². The molecule has 0 bridgehead atoms. The Balaban J connectivity index is 1.58. The van der Waals surface area contributed by atoms with Gasteiger partial charge in [-0.15, -0.1) is 0 Å². The van der Waals surface area contributed by atoms with Crippen LogP contribution in [0.5, 0.6) is 0 Å². The van der Waals surface area contributed by atoms with Crippen LogP contribution in [0.1, 0.15) is 17.5 Å². The van der Waals surface area contributed by atoms with Crippen molar-refractivity contribution in [1.82, 2.24) is 0 Å². The van der Waals surface area contributed by atoms with Crippen molar-refractivity contribution in [1.29, 1.82) is 0 Å². The Morgan fingerprint density at radius 2 is 1.08 bits per heavy atom. The normalized spacial score (nSPS) is 10.9. The van der Waals surface area contributed by atoms with E-state index in [1.54, 1.807) is 12.2 Å². The van der Waals surface area contributed by atoms with E-state index in [1.807, 2.05) is 60.7 Å². The molecule has 25 heavy (non-hydrogen) atoms. The van der Waals surface area contributed by atoms with Crippen LogP contribution >= 0.6 is 0 Å². The van der Waals surface area contributed by atoms with Crippen LogP contribution in [0.15, 0.2) is 72.8 Å². The Bertz CT molecular complexity index is 655. The zero-order valence-electron chi connectivity index (χ0n) is 13.8. The molecule has 0 N–H and O–H groups in total. The number of carbonyl (C=O) groups excluding carboxylic acids is 2. The summed E-state index contributed by atoms with van der Waals surface area (Å²) in [5.41, 5.74) is 1.86. The molecule has 0 aliphatic carbocycles. The maximum absolute atomic E-state index is 11.5. The van der Waals surface area contributed by atoms with Crippen LogP contribution in [-0.4, -0.2) is 25.2 Å². The van der Waals surface area contributed by atoms with E-state index in [-0.39, 0.29) is 13.2 Å². The van der Waals surface area contributed by atoms with Gasteiger partial charge in [-0.2, -0.15) is 0 Å². The predicted octanol–water partition coefficient (Wildman–Crippen LogP) is 3.89. The van der Waals surface area contributed by atoms with Crippen molar-refractivity contribution in [2.24, 2.45) is 0 Å². The quantitative estimate of drug-likeness (QED) is 0.417. The third-order valence-electron chi connectivity index (χ3n) is 3.20. The summed E-state index contributed by atoms with van der Waals surface area (Å²) >= 11 is 0. The van der Waals surface area contributed by atoms with Gasteiger partial charge in [0.25, 0.3) is 0 Å². The minimum atomic E-state index is -0.417. The standard InChI is InChI=1S/C21H20O4/c22-20(14-12-18-8-3-1-4-9-18)24-16-7-17-25-21(23)15-13-19-10-5-2-6-11-19/h1-6,8-15H,7,16-17H2. The van der Waals surface area contributed by atoms with Crippen molar-refractivity contribution < 1.29 is 19.1 Å². The number of hydrogen-bond acceptors (Lipinski definition) is 4. The molecule has 0 unspecified atom stereocenters. The lowest BCUT2D eigenvalue weighted by molar-refractivity contribution is -0.140. The highest BCUT2D eigenvalue weighted by Gasteiger charge is 2.00. The van der Waals surface area contributed by atoms with Gasteiger partial charge in [-0.05, 0) is 23.3 Å². The van der Waals surface area contributed by atoms with Crippen LogP contribution in [0.2, 0.25) is 0 Å². The van der Waals surface area contributed by atoms with Crippen molar-refractivity contribution in [3.05, 3.63) is 83.9 Å². The zero-order chi connectivity index (χ0) is 17.7. The van der Waals surface area contributed by atoms with Crippen molar-refractivity contribution >= 4 is 24.1 Å². The maximum Gasteiger partial charge on any atom is 0.330 e. The molecule has 0 heterocycles. The number of rotatable bonds is 8. The first kappa shape index (κ1) is 18.2. The molecular formula is C21H20O4. The molecule has 0 saturated heterocycles. The molecule has 2 rings (SSSR count). The highest BCUT2D eigenvalue weighted by Crippen LogP contribution is 2.02. The van der Waals surface area contributed by atoms with Crippen molar-refractivity contribution in [3.8, 4) is 0 Å². The minimum Gasteiger partial charge on any atom is -0.462 e. The summed E-state index contributed by atoms with van der Waals surface area (Å²) in [6.45, 7) is 0.404. The summed E-state index contributed by atoms with van der Waals surface area (Å²) < 4.78 is 10.1. The topological polar surface area (TPSA) is 52.6 Å². The van der Waals surface area contributed by atoms with Gasteiger partial charge in [0, 0.05) is 18.6 Å². The first-order chi connectivity index (χ1) is 12.2. The summed E-state index contributed by atoms with van der Waals surface area (Å²) in [4.78, 5) is 23.1. The van der Waals surface area contributed by atoms with Crippen LogP contribution in [0.25, 0.3) is 12.2 Å². The first-order valence-corrected chi connectivity index (χ1v) is 8.04. The predicted molar refractivity (Wildman–Crippen MR) is 97.5 cm³/mol. The number of ether oxygens (including phenoxy) is 2. The zero-order valence-corrected chi connectivity index (χ0v) is 13.8. The van der Waals surface area contributed by atoms with E-state index in [2.05, 4.69) is 0 Å². The second kappa shape index (κ2) is 10.6. The summed E-state index contributed by atoms with van der Waals surface area (Å²) in [5.74, 6) is -0.835. The highest BCUT2D eigenvalue weighted by molar-refractivity contribution is 5.87. The lowest BCUT2D eigenvalue weighted by Crippen LogP contribution is -2.08. The van der Waals surface area contributed by atoms with E-state index < -0.39 is 11.9 Å². The Morgan fingerprint density at radius 3 is 1.48 bits per heavy atom. The molecular weight excluding hydrogens is 316 g/mol. The molecule has 2 aromatic rings. The lowest BCUT2D eigenvalue weighted by atomic mass is 10.2. The Morgan fingerprint density at radius 1 is 0.680 bits per heavy atom. The lowest BCUT2D eigenvalue weighted by Gasteiger charge is -2.03. The number of esters is 2. The van der Waals surface area contributed by atoms with Crippen LogP contribution in [0.3, 0.4) is 0 Å². The van der Waals surface area contributed by atoms with E-state index in [0.717, 1.165) is 11.1 Å². The largest absolute Gasteiger partial charge is 0.462 e. The molecule has 0 aromatic heterocycles. The second-order valence-electron chi connectivity index (χ2n) is 5.18. The van der Waals surface area contributed by atoms with Crippen LogP contribution in [0, 0.1) is 0 Å². The summed E-state index contributed by atoms with van der Waals surface area (Å²) in [6.07, 6.45) is 6.59. The molecule has 128 valence electrons. The maximum atomic E-state index is 11.5. The fourth-order valence-electron chi connectivity index (χ4n) is 1.96. The Labute approximate surface area is 147 Å². The van der Waals surface area contributed by atoms with Gasteiger partial charge in [-0.3, -0.25) is 0 Å². The molecule has 0 spiro atoms. The molecule has 0 fully saturated rings. The molecule has 2 aromatic carbocycles. The van der Waals surface area contributed by atoms with Gasteiger partial charge in [-0.1, -0.05) is 60.7 Å². The number of carbonyl (C=O) groups is 2. The molecule has 4 heteroatoms. The smallest absolute Gasteiger partial charge is 0.330 e. The molecule has 0 radical (unpaired) electrons. The van der Waals surface area contributed by atoms with Gasteiger partial charge >= 0.3 is 11.9 Å². The third kappa shape index (κ3) is 7.79. The molecule has 0 atom stereocenters. The molecule has 0 aliphatic heterocycles. The van der Waals surface area contributed by atoms with E-state index in [9.17, 15) is 9.59 Å². The summed E-state index contributed by atoms with van der Waals surface area (Å²) in [6, 6.07) is 19.0. The molecule has 0 aliphatic rings. The van der Waals surface area contributed by atoms with Crippen LogP contribution in [-0.2, 0) is 19.1 Å².